The molecule has 204 valence electrons. The number of aliphatic hydroxyl groups excluding tert-OH is 2. The van der Waals surface area contributed by atoms with Crippen molar-refractivity contribution >= 4 is 11.9 Å². The second-order valence-electron chi connectivity index (χ2n) is 9.71. The maximum atomic E-state index is 13.6. The quantitative estimate of drug-likeness (QED) is 0.328. The van der Waals surface area contributed by atoms with E-state index >= 15 is 0 Å². The number of benzene rings is 2. The van der Waals surface area contributed by atoms with Gasteiger partial charge in [0.05, 0.1) is 24.3 Å². The third-order valence-corrected chi connectivity index (χ3v) is 5.94. The maximum Gasteiger partial charge on any atom is 0.305 e. The van der Waals surface area contributed by atoms with E-state index in [1.165, 1.54) is 28.9 Å². The highest BCUT2D eigenvalue weighted by atomic mass is 19.1. The number of nitrogens with zero attached hydrogens (tertiary/aromatic N) is 3. The molecule has 0 aliphatic heterocycles. The minimum absolute atomic E-state index is 0.162. The van der Waals surface area contributed by atoms with Crippen LogP contribution in [0.5, 0.6) is 5.88 Å². The molecule has 38 heavy (non-hydrogen) atoms. The van der Waals surface area contributed by atoms with Gasteiger partial charge >= 0.3 is 5.97 Å². The summed E-state index contributed by atoms with van der Waals surface area (Å²) < 4.78 is 21.0. The number of aromatic nitrogens is 2. The molecular weight excluding hydrogens is 493 g/mol. The molecule has 0 aliphatic carbocycles. The minimum Gasteiger partial charge on any atom is -0.481 e. The number of aliphatic hydroxyl groups is 2. The first-order valence-corrected chi connectivity index (χ1v) is 12.4. The van der Waals surface area contributed by atoms with Crippen molar-refractivity contribution in [2.75, 3.05) is 13.7 Å². The normalized spacial score (nSPS) is 12.8. The lowest BCUT2D eigenvalue weighted by Crippen LogP contribution is -2.28. The number of carbonyl (C=O) groups is 2. The molecule has 0 aliphatic rings. The van der Waals surface area contributed by atoms with Crippen molar-refractivity contribution < 1.29 is 34.0 Å². The van der Waals surface area contributed by atoms with Crippen molar-refractivity contribution in [3.05, 3.63) is 76.7 Å². The van der Waals surface area contributed by atoms with Gasteiger partial charge in [-0.1, -0.05) is 43.7 Å². The molecule has 1 heterocycles. The number of aliphatic carboxylic acids is 1. The average molecular weight is 528 g/mol. The van der Waals surface area contributed by atoms with Gasteiger partial charge in [0.25, 0.3) is 5.91 Å². The zero-order chi connectivity index (χ0) is 28.0. The maximum absolute atomic E-state index is 13.6. The van der Waals surface area contributed by atoms with Crippen molar-refractivity contribution in [3.63, 3.8) is 0 Å². The van der Waals surface area contributed by atoms with Gasteiger partial charge in [0, 0.05) is 25.6 Å². The molecule has 0 spiro atoms. The highest BCUT2D eigenvalue weighted by Gasteiger charge is 2.29. The van der Waals surface area contributed by atoms with Crippen LogP contribution >= 0.6 is 0 Å². The monoisotopic (exact) mass is 527 g/mol. The van der Waals surface area contributed by atoms with Crippen LogP contribution in [-0.4, -0.2) is 67.7 Å². The number of halogens is 1. The lowest BCUT2D eigenvalue weighted by atomic mass is 10.0. The van der Waals surface area contributed by atoms with Crippen LogP contribution in [0, 0.1) is 12.7 Å². The third kappa shape index (κ3) is 7.39. The van der Waals surface area contributed by atoms with Gasteiger partial charge in [0.2, 0.25) is 5.88 Å². The molecule has 3 aromatic rings. The van der Waals surface area contributed by atoms with Crippen molar-refractivity contribution in [1.29, 1.82) is 0 Å². The number of ether oxygens (including phenoxy) is 1. The van der Waals surface area contributed by atoms with Gasteiger partial charge in [-0.05, 0) is 42.7 Å². The molecular formula is C28H34FN3O6. The predicted octanol–water partition coefficient (Wildman–Crippen LogP) is 3.68. The summed E-state index contributed by atoms with van der Waals surface area (Å²) in [5.74, 6) is -1.96. The Labute approximate surface area is 221 Å². The number of carboxylic acids is 1. The smallest absolute Gasteiger partial charge is 0.305 e. The average Bonchev–Trinajstić information content (AvgIpc) is 3.22. The first kappa shape index (κ1) is 28.8. The first-order chi connectivity index (χ1) is 18.0. The summed E-state index contributed by atoms with van der Waals surface area (Å²) in [5, 5.41) is 33.6. The molecule has 3 N–H and O–H groups in total. The zero-order valence-corrected chi connectivity index (χ0v) is 22.0. The van der Waals surface area contributed by atoms with Crippen LogP contribution in [0.25, 0.3) is 5.69 Å². The summed E-state index contributed by atoms with van der Waals surface area (Å²) in [4.78, 5) is 26.0. The van der Waals surface area contributed by atoms with Gasteiger partial charge in [-0.25, -0.2) is 9.07 Å². The largest absolute Gasteiger partial charge is 0.481 e. The van der Waals surface area contributed by atoms with Gasteiger partial charge in [0.15, 0.2) is 5.69 Å². The highest BCUT2D eigenvalue weighted by molar-refractivity contribution is 5.94. The lowest BCUT2D eigenvalue weighted by molar-refractivity contribution is -0.139. The number of aryl methyl sites for hydroxylation is 1. The number of hydrogen-bond donors (Lipinski definition) is 3. The Morgan fingerprint density at radius 1 is 1.11 bits per heavy atom. The number of hydrogen-bond acceptors (Lipinski definition) is 6. The van der Waals surface area contributed by atoms with E-state index in [-0.39, 0.29) is 36.4 Å². The van der Waals surface area contributed by atoms with Crippen LogP contribution < -0.4 is 4.74 Å². The fourth-order valence-corrected chi connectivity index (χ4v) is 4.17. The summed E-state index contributed by atoms with van der Waals surface area (Å²) in [6, 6.07) is 13.4. The lowest BCUT2D eigenvalue weighted by Gasteiger charge is -2.19. The molecule has 1 aromatic heterocycles. The molecule has 0 bridgehead atoms. The fraction of sp³-hybridized carbons (Fsp3) is 0.393. The number of rotatable bonds is 12. The molecule has 0 saturated carbocycles. The Kier molecular flexibility index (Phi) is 9.60. The molecule has 0 radical (unpaired) electrons. The van der Waals surface area contributed by atoms with Gasteiger partial charge in [-0.15, -0.1) is 0 Å². The zero-order valence-electron chi connectivity index (χ0n) is 22.0. The summed E-state index contributed by atoms with van der Waals surface area (Å²) in [5.41, 5.74) is 3.16. The van der Waals surface area contributed by atoms with Crippen LogP contribution in [0.1, 0.15) is 59.8 Å². The Hall–Kier alpha value is -3.76. The molecule has 2 aromatic carbocycles. The summed E-state index contributed by atoms with van der Waals surface area (Å²) in [7, 11) is 1.68. The van der Waals surface area contributed by atoms with Crippen molar-refractivity contribution in [3.8, 4) is 11.6 Å². The topological polar surface area (TPSA) is 125 Å². The number of carboxylic acid groups (broad SMARTS) is 1. The Bertz CT molecular complexity index is 1260. The number of amides is 1. The highest BCUT2D eigenvalue weighted by Crippen LogP contribution is 2.33. The second-order valence-corrected chi connectivity index (χ2v) is 9.71. The van der Waals surface area contributed by atoms with Crippen LogP contribution in [0.2, 0.25) is 0 Å². The van der Waals surface area contributed by atoms with Crippen LogP contribution in [0.4, 0.5) is 4.39 Å². The molecule has 0 saturated heterocycles. The SMILES string of the molecule is Cc1cccc(CN(C)C(=O)c2nn(-c3ccc(F)cc3)c(OC[C@@H](O)C[C@@H](O)CC(=O)O)c2C(C)C)c1. The van der Waals surface area contributed by atoms with E-state index in [1.54, 1.807) is 11.9 Å². The van der Waals surface area contributed by atoms with Gasteiger partial charge in [-0.2, -0.15) is 5.10 Å². The summed E-state index contributed by atoms with van der Waals surface area (Å²) >= 11 is 0. The molecule has 9 nitrogen and oxygen atoms in total. The molecule has 3 rings (SSSR count). The summed E-state index contributed by atoms with van der Waals surface area (Å²) in [6.45, 7) is 5.81. The number of carbonyl (C=O) groups excluding carboxylic acids is 1. The van der Waals surface area contributed by atoms with E-state index < -0.39 is 30.4 Å². The predicted molar refractivity (Wildman–Crippen MR) is 139 cm³/mol. The standard InChI is InChI=1S/C28H34FN3O6/c1-17(2)25-26(27(37)31(4)15-19-7-5-6-18(3)12-19)30-32(21-10-8-20(29)9-11-21)28(25)38-16-23(34)13-22(33)14-24(35)36/h5-12,17,22-23,33-34H,13-16H2,1-4H3,(H,35,36)/t22-,23+/m1/s1. The van der Waals surface area contributed by atoms with E-state index in [4.69, 9.17) is 9.84 Å². The molecule has 0 fully saturated rings. The summed E-state index contributed by atoms with van der Waals surface area (Å²) in [6.07, 6.45) is -3.14. The first-order valence-electron chi connectivity index (χ1n) is 12.4. The second kappa shape index (κ2) is 12.7. The molecule has 1 amide bonds. The van der Waals surface area contributed by atoms with E-state index in [0.717, 1.165) is 11.1 Å². The van der Waals surface area contributed by atoms with Gasteiger partial charge in [-0.3, -0.25) is 9.59 Å². The molecule has 10 heteroatoms. The third-order valence-electron chi connectivity index (χ3n) is 5.94. The van der Waals surface area contributed by atoms with Gasteiger partial charge in [0.1, 0.15) is 12.4 Å². The minimum atomic E-state index is -1.25. The molecule has 0 unspecified atom stereocenters. The van der Waals surface area contributed by atoms with Gasteiger partial charge < -0.3 is 25.0 Å². The van der Waals surface area contributed by atoms with Crippen molar-refractivity contribution in [1.82, 2.24) is 14.7 Å². The van der Waals surface area contributed by atoms with E-state index in [1.807, 2.05) is 45.0 Å². The van der Waals surface area contributed by atoms with Crippen LogP contribution in [-0.2, 0) is 11.3 Å². The van der Waals surface area contributed by atoms with Crippen molar-refractivity contribution in [2.45, 2.75) is 58.3 Å². The van der Waals surface area contributed by atoms with Crippen LogP contribution in [0.3, 0.4) is 0 Å². The van der Waals surface area contributed by atoms with Crippen LogP contribution in [0.15, 0.2) is 48.5 Å². The molecule has 2 atom stereocenters. The Morgan fingerprint density at radius 2 is 1.79 bits per heavy atom. The Morgan fingerprint density at radius 3 is 2.39 bits per heavy atom. The fourth-order valence-electron chi connectivity index (χ4n) is 4.17. The van der Waals surface area contributed by atoms with E-state index in [0.29, 0.717) is 17.8 Å². The van der Waals surface area contributed by atoms with E-state index in [9.17, 15) is 24.2 Å². The van der Waals surface area contributed by atoms with E-state index in [2.05, 4.69) is 5.10 Å². The Balaban J connectivity index is 1.95. The van der Waals surface area contributed by atoms with Crippen molar-refractivity contribution in [2.24, 2.45) is 0 Å².